The summed E-state index contributed by atoms with van der Waals surface area (Å²) in [4.78, 5) is 23.8. The molecule has 146 valence electrons. The summed E-state index contributed by atoms with van der Waals surface area (Å²) in [6, 6.07) is 12.4. The van der Waals surface area contributed by atoms with Crippen molar-refractivity contribution in [3.05, 3.63) is 80.5 Å². The standard InChI is InChI=1S/C24H26ClNO2/c1-23(2)13-14-24(3,4)19-15-16(5-9-18(19)23)6-12-22(28)26-17-7-10-20(25)21(27)11-8-17/h5-12,15H,13-14H2,1-4H3,(H,26,28). The van der Waals surface area contributed by atoms with Crippen LogP contribution >= 0.6 is 11.6 Å². The summed E-state index contributed by atoms with van der Waals surface area (Å²) in [5, 5.41) is 2.88. The lowest BCUT2D eigenvalue weighted by Crippen LogP contribution is -2.33. The highest BCUT2D eigenvalue weighted by Gasteiger charge is 2.36. The molecule has 0 saturated heterocycles. The van der Waals surface area contributed by atoms with Crippen LogP contribution < -0.4 is 10.7 Å². The smallest absolute Gasteiger partial charge is 0.248 e. The third kappa shape index (κ3) is 4.36. The summed E-state index contributed by atoms with van der Waals surface area (Å²) in [5.41, 5.74) is 4.30. The molecule has 3 rings (SSSR count). The molecule has 0 heterocycles. The number of hydrogen-bond donors (Lipinski definition) is 1. The highest BCUT2D eigenvalue weighted by Crippen LogP contribution is 2.45. The van der Waals surface area contributed by atoms with Gasteiger partial charge in [-0.15, -0.1) is 0 Å². The maximum absolute atomic E-state index is 12.3. The van der Waals surface area contributed by atoms with Crippen LogP contribution in [-0.4, -0.2) is 5.91 Å². The van der Waals surface area contributed by atoms with Crippen molar-refractivity contribution in [1.82, 2.24) is 0 Å². The first-order chi connectivity index (χ1) is 13.1. The van der Waals surface area contributed by atoms with E-state index in [-0.39, 0.29) is 27.2 Å². The molecule has 2 aromatic carbocycles. The minimum Gasteiger partial charge on any atom is -0.323 e. The molecule has 1 N–H and O–H groups in total. The number of hydrogen-bond acceptors (Lipinski definition) is 2. The van der Waals surface area contributed by atoms with Gasteiger partial charge in [-0.1, -0.05) is 57.5 Å². The molecule has 0 saturated carbocycles. The third-order valence-electron chi connectivity index (χ3n) is 5.63. The van der Waals surface area contributed by atoms with Gasteiger partial charge in [-0.05, 0) is 70.7 Å². The average Bonchev–Trinajstić information content (AvgIpc) is 2.80. The molecule has 0 aromatic heterocycles. The lowest BCUT2D eigenvalue weighted by Gasteiger charge is -2.42. The minimum atomic E-state index is -0.280. The first-order valence-corrected chi connectivity index (χ1v) is 9.90. The van der Waals surface area contributed by atoms with E-state index in [9.17, 15) is 9.59 Å². The van der Waals surface area contributed by atoms with E-state index in [1.165, 1.54) is 35.8 Å². The van der Waals surface area contributed by atoms with Crippen LogP contribution in [0, 0.1) is 0 Å². The highest BCUT2D eigenvalue weighted by molar-refractivity contribution is 6.30. The van der Waals surface area contributed by atoms with Crippen LogP contribution in [0.2, 0.25) is 5.02 Å². The molecular formula is C24H26ClNO2. The van der Waals surface area contributed by atoms with Crippen LogP contribution in [0.1, 0.15) is 57.2 Å². The zero-order chi connectivity index (χ0) is 20.5. The molecule has 28 heavy (non-hydrogen) atoms. The van der Waals surface area contributed by atoms with E-state index in [2.05, 4.69) is 51.2 Å². The number of carbonyl (C=O) groups is 1. The molecule has 2 aromatic rings. The van der Waals surface area contributed by atoms with Gasteiger partial charge in [0.05, 0.1) is 5.02 Å². The fraction of sp³-hybridized carbons (Fsp3) is 0.333. The Labute approximate surface area is 171 Å². The maximum atomic E-state index is 12.3. The van der Waals surface area contributed by atoms with E-state index in [1.807, 2.05) is 6.08 Å². The largest absolute Gasteiger partial charge is 0.323 e. The summed E-state index contributed by atoms with van der Waals surface area (Å²) in [6.07, 6.45) is 5.65. The second-order valence-electron chi connectivity index (χ2n) is 8.73. The number of anilines is 1. The second-order valence-corrected chi connectivity index (χ2v) is 9.14. The molecule has 0 unspecified atom stereocenters. The normalized spacial score (nSPS) is 17.2. The van der Waals surface area contributed by atoms with Crippen molar-refractivity contribution in [1.29, 1.82) is 0 Å². The molecule has 0 aliphatic heterocycles. The molecule has 1 amide bonds. The number of carbonyl (C=O) groups excluding carboxylic acids is 1. The Bertz CT molecular complexity index is 1010. The van der Waals surface area contributed by atoms with Crippen molar-refractivity contribution in [3.63, 3.8) is 0 Å². The van der Waals surface area contributed by atoms with E-state index in [0.29, 0.717) is 5.69 Å². The summed E-state index contributed by atoms with van der Waals surface area (Å²) >= 11 is 5.80. The Morgan fingerprint density at radius 2 is 1.61 bits per heavy atom. The quantitative estimate of drug-likeness (QED) is 0.677. The zero-order valence-electron chi connectivity index (χ0n) is 16.8. The molecule has 0 radical (unpaired) electrons. The fourth-order valence-corrected chi connectivity index (χ4v) is 3.82. The van der Waals surface area contributed by atoms with Gasteiger partial charge in [-0.2, -0.15) is 0 Å². The van der Waals surface area contributed by atoms with Crippen LogP contribution in [0.15, 0.2) is 53.3 Å². The highest BCUT2D eigenvalue weighted by atomic mass is 35.5. The van der Waals surface area contributed by atoms with Gasteiger partial charge in [0.2, 0.25) is 5.91 Å². The van der Waals surface area contributed by atoms with E-state index >= 15 is 0 Å². The zero-order valence-corrected chi connectivity index (χ0v) is 17.6. The number of rotatable bonds is 3. The van der Waals surface area contributed by atoms with E-state index < -0.39 is 0 Å². The molecule has 0 atom stereocenters. The van der Waals surface area contributed by atoms with Crippen molar-refractivity contribution in [3.8, 4) is 0 Å². The molecule has 0 fully saturated rings. The van der Waals surface area contributed by atoms with Gasteiger partial charge in [0, 0.05) is 11.8 Å². The lowest BCUT2D eigenvalue weighted by atomic mass is 9.63. The van der Waals surface area contributed by atoms with Gasteiger partial charge in [0.1, 0.15) is 0 Å². The topological polar surface area (TPSA) is 46.2 Å². The Morgan fingerprint density at radius 3 is 2.32 bits per heavy atom. The monoisotopic (exact) mass is 395 g/mol. The van der Waals surface area contributed by atoms with Gasteiger partial charge < -0.3 is 5.32 Å². The van der Waals surface area contributed by atoms with Crippen LogP contribution in [0.3, 0.4) is 0 Å². The molecule has 3 nitrogen and oxygen atoms in total. The van der Waals surface area contributed by atoms with E-state index in [1.54, 1.807) is 12.1 Å². The molecule has 1 aliphatic rings. The summed E-state index contributed by atoms with van der Waals surface area (Å²) in [7, 11) is 0. The number of amides is 1. The molecule has 1 aliphatic carbocycles. The first-order valence-electron chi connectivity index (χ1n) is 9.52. The van der Waals surface area contributed by atoms with Crippen molar-refractivity contribution >= 4 is 29.3 Å². The minimum absolute atomic E-state index is 0.121. The molecule has 0 spiro atoms. The summed E-state index contributed by atoms with van der Waals surface area (Å²) in [6.45, 7) is 9.16. The van der Waals surface area contributed by atoms with Crippen molar-refractivity contribution in [2.75, 3.05) is 5.32 Å². The Kier molecular flexibility index (Phi) is 5.49. The number of benzene rings is 1. The first kappa shape index (κ1) is 20.3. The Morgan fingerprint density at radius 1 is 0.964 bits per heavy atom. The van der Waals surface area contributed by atoms with Crippen LogP contribution in [-0.2, 0) is 15.6 Å². The van der Waals surface area contributed by atoms with Gasteiger partial charge in [0.15, 0.2) is 5.43 Å². The number of nitrogens with one attached hydrogen (secondary N) is 1. The van der Waals surface area contributed by atoms with Gasteiger partial charge in [0.25, 0.3) is 0 Å². The summed E-state index contributed by atoms with van der Waals surface area (Å²) in [5.74, 6) is -0.257. The molecule has 4 heteroatoms. The van der Waals surface area contributed by atoms with Gasteiger partial charge >= 0.3 is 0 Å². The lowest BCUT2D eigenvalue weighted by molar-refractivity contribution is -0.111. The number of halogens is 1. The van der Waals surface area contributed by atoms with E-state index in [0.717, 1.165) is 12.0 Å². The SMILES string of the molecule is CC1(C)CCC(C)(C)c2cc(C=CC(=O)Nc3ccc(Cl)c(=O)cc3)ccc21. The maximum Gasteiger partial charge on any atom is 0.248 e. The molecular weight excluding hydrogens is 370 g/mol. The summed E-state index contributed by atoms with van der Waals surface area (Å²) < 4.78 is 0. The molecule has 0 bridgehead atoms. The van der Waals surface area contributed by atoms with Crippen molar-refractivity contribution in [2.45, 2.75) is 51.4 Å². The van der Waals surface area contributed by atoms with E-state index in [4.69, 9.17) is 11.6 Å². The van der Waals surface area contributed by atoms with Crippen molar-refractivity contribution < 1.29 is 4.79 Å². The van der Waals surface area contributed by atoms with Crippen molar-refractivity contribution in [2.24, 2.45) is 0 Å². The average molecular weight is 396 g/mol. The Balaban J connectivity index is 1.80. The second kappa shape index (κ2) is 7.56. The van der Waals surface area contributed by atoms with Crippen LogP contribution in [0.5, 0.6) is 0 Å². The predicted octanol–water partition coefficient (Wildman–Crippen LogP) is 5.70. The fourth-order valence-electron chi connectivity index (χ4n) is 3.69. The predicted molar refractivity (Wildman–Crippen MR) is 117 cm³/mol. The Hall–Kier alpha value is -2.39. The van der Waals surface area contributed by atoms with Crippen LogP contribution in [0.25, 0.3) is 6.08 Å². The van der Waals surface area contributed by atoms with Crippen LogP contribution in [0.4, 0.5) is 5.69 Å². The van der Waals surface area contributed by atoms with Gasteiger partial charge in [-0.3, -0.25) is 9.59 Å². The number of fused-ring (bicyclic) bond motifs is 1. The third-order valence-corrected chi connectivity index (χ3v) is 5.94. The van der Waals surface area contributed by atoms with Gasteiger partial charge in [-0.25, -0.2) is 0 Å².